The molecule has 2 aromatic carbocycles. The number of primary amides is 1. The number of piperidine rings is 1. The molecule has 3 aromatic rings. The number of nitrogens with two attached hydrogens (primary N) is 1. The third kappa shape index (κ3) is 8.37. The normalized spacial score (nSPS) is 15.6. The summed E-state index contributed by atoms with van der Waals surface area (Å²) in [5.74, 6) is -1.40. The van der Waals surface area contributed by atoms with Crippen LogP contribution in [-0.2, 0) is 27.5 Å². The molecule has 47 heavy (non-hydrogen) atoms. The van der Waals surface area contributed by atoms with E-state index in [2.05, 4.69) is 9.97 Å². The lowest BCUT2D eigenvalue weighted by Gasteiger charge is -2.33. The summed E-state index contributed by atoms with van der Waals surface area (Å²) >= 11 is 1.59. The number of benzene rings is 2. The Balaban J connectivity index is 1.14. The van der Waals surface area contributed by atoms with Crippen LogP contribution in [0.25, 0.3) is 0 Å². The highest BCUT2D eigenvalue weighted by atomic mass is 32.2. The number of rotatable bonds is 11. The predicted molar refractivity (Wildman–Crippen MR) is 173 cm³/mol. The Morgan fingerprint density at radius 1 is 1.17 bits per heavy atom. The molecule has 1 saturated heterocycles. The molecule has 2 aliphatic rings. The van der Waals surface area contributed by atoms with Crippen LogP contribution in [-0.4, -0.2) is 62.6 Å². The molecule has 0 radical (unpaired) electrons. The van der Waals surface area contributed by atoms with Gasteiger partial charge in [0.2, 0.25) is 5.91 Å². The van der Waals surface area contributed by atoms with Crippen molar-refractivity contribution in [3.05, 3.63) is 76.9 Å². The average molecular weight is 661 g/mol. The maximum atomic E-state index is 14.5. The number of fused-ring (bicyclic) bond motifs is 1. The van der Waals surface area contributed by atoms with Gasteiger partial charge >= 0.3 is 5.97 Å². The monoisotopic (exact) mass is 660 g/mol. The number of esters is 1. The van der Waals surface area contributed by atoms with Crippen LogP contribution in [0.4, 0.5) is 10.1 Å². The van der Waals surface area contributed by atoms with E-state index in [9.17, 15) is 18.8 Å². The molecule has 0 spiro atoms. The largest absolute Gasteiger partial charge is 0.488 e. The molecule has 0 saturated carbocycles. The van der Waals surface area contributed by atoms with E-state index in [1.54, 1.807) is 75.3 Å². The number of halogens is 1. The molecule has 1 aromatic heterocycles. The van der Waals surface area contributed by atoms with E-state index in [-0.39, 0.29) is 43.0 Å². The van der Waals surface area contributed by atoms with Crippen molar-refractivity contribution in [2.45, 2.75) is 81.7 Å². The van der Waals surface area contributed by atoms with Crippen molar-refractivity contribution < 1.29 is 28.2 Å². The minimum Gasteiger partial charge on any atom is -0.488 e. The molecular formula is C34H37FN6O5S. The molecule has 2 aliphatic heterocycles. The SMILES string of the molecule is CC(C)(C)OC(=O)CC[C@@H](C(N)=O)N1Cc2c(OCc3cnc(SC4CCN(c5ccc(C#N)cc5F)CC4)nc3)cccc2C1=O. The van der Waals surface area contributed by atoms with Gasteiger partial charge < -0.3 is 25.0 Å². The molecule has 0 bridgehead atoms. The molecule has 1 atom stereocenters. The van der Waals surface area contributed by atoms with E-state index in [0.717, 1.165) is 18.4 Å². The van der Waals surface area contributed by atoms with Gasteiger partial charge in [0.05, 0.1) is 23.9 Å². The Morgan fingerprint density at radius 2 is 1.89 bits per heavy atom. The van der Waals surface area contributed by atoms with E-state index in [0.29, 0.717) is 46.4 Å². The molecule has 13 heteroatoms. The summed E-state index contributed by atoms with van der Waals surface area (Å²) in [7, 11) is 0. The second-order valence-corrected chi connectivity index (χ2v) is 13.8. The number of nitrogens with zero attached hydrogens (tertiary/aromatic N) is 5. The maximum absolute atomic E-state index is 14.5. The molecular weight excluding hydrogens is 623 g/mol. The summed E-state index contributed by atoms with van der Waals surface area (Å²) in [6.07, 6.45) is 5.08. The van der Waals surface area contributed by atoms with E-state index in [4.69, 9.17) is 20.5 Å². The van der Waals surface area contributed by atoms with Gasteiger partial charge in [-0.05, 0) is 70.4 Å². The van der Waals surface area contributed by atoms with Crippen LogP contribution in [0.1, 0.15) is 73.5 Å². The summed E-state index contributed by atoms with van der Waals surface area (Å²) in [5, 5.41) is 9.91. The zero-order valence-electron chi connectivity index (χ0n) is 26.6. The Kier molecular flexibility index (Phi) is 10.3. The van der Waals surface area contributed by atoms with Crippen LogP contribution < -0.4 is 15.4 Å². The van der Waals surface area contributed by atoms with Crippen LogP contribution in [0.3, 0.4) is 0 Å². The number of anilines is 1. The summed E-state index contributed by atoms with van der Waals surface area (Å²) < 4.78 is 25.9. The number of amides is 2. The topological polar surface area (TPSA) is 152 Å². The van der Waals surface area contributed by atoms with Crippen LogP contribution in [0.15, 0.2) is 53.9 Å². The lowest BCUT2D eigenvalue weighted by Crippen LogP contribution is -2.45. The second-order valence-electron chi connectivity index (χ2n) is 12.5. The average Bonchev–Trinajstić information content (AvgIpc) is 3.36. The fourth-order valence-corrected chi connectivity index (χ4v) is 6.62. The summed E-state index contributed by atoms with van der Waals surface area (Å²) in [5.41, 5.74) is 7.62. The number of thioether (sulfide) groups is 1. The van der Waals surface area contributed by atoms with Gasteiger partial charge in [0.15, 0.2) is 5.16 Å². The van der Waals surface area contributed by atoms with Gasteiger partial charge in [-0.2, -0.15) is 5.26 Å². The highest BCUT2D eigenvalue weighted by molar-refractivity contribution is 7.99. The van der Waals surface area contributed by atoms with Crippen LogP contribution in [0, 0.1) is 17.1 Å². The fourth-order valence-electron chi connectivity index (χ4n) is 5.65. The maximum Gasteiger partial charge on any atom is 0.306 e. The second kappa shape index (κ2) is 14.4. The lowest BCUT2D eigenvalue weighted by molar-refractivity contribution is -0.155. The van der Waals surface area contributed by atoms with Gasteiger partial charge in [-0.3, -0.25) is 14.4 Å². The molecule has 0 aliphatic carbocycles. The standard InChI is InChI=1S/C34H37FN6O5S/c1-34(2,3)46-30(42)10-9-28(31(37)43)41-19-25-24(32(41)44)5-4-6-29(25)45-20-22-17-38-33(39-18-22)47-23-11-13-40(14-12-23)27-8-7-21(16-36)15-26(27)35/h4-8,15,17-18,23,28H,9-14,19-20H2,1-3H3,(H2,37,43)/t28-/m0/s1. The van der Waals surface area contributed by atoms with E-state index in [1.807, 2.05) is 11.0 Å². The fraction of sp³-hybridized carbons (Fsp3) is 0.412. The summed E-state index contributed by atoms with van der Waals surface area (Å²) in [6, 6.07) is 10.7. The van der Waals surface area contributed by atoms with Gasteiger partial charge in [-0.15, -0.1) is 0 Å². The molecule has 3 heterocycles. The number of hydrogen-bond acceptors (Lipinski definition) is 10. The Labute approximate surface area is 277 Å². The van der Waals surface area contributed by atoms with Crippen molar-refractivity contribution in [3.63, 3.8) is 0 Å². The van der Waals surface area contributed by atoms with E-state index in [1.165, 1.54) is 11.0 Å². The molecule has 2 amide bonds. The highest BCUT2D eigenvalue weighted by Gasteiger charge is 2.37. The van der Waals surface area contributed by atoms with E-state index >= 15 is 0 Å². The van der Waals surface area contributed by atoms with Crippen molar-refractivity contribution in [1.82, 2.24) is 14.9 Å². The van der Waals surface area contributed by atoms with Gasteiger partial charge in [0, 0.05) is 53.8 Å². The van der Waals surface area contributed by atoms with Crippen molar-refractivity contribution in [2.24, 2.45) is 5.73 Å². The third-order valence-corrected chi connectivity index (χ3v) is 9.13. The molecule has 11 nitrogen and oxygen atoms in total. The predicted octanol–water partition coefficient (Wildman–Crippen LogP) is 4.76. The van der Waals surface area contributed by atoms with Crippen LogP contribution >= 0.6 is 11.8 Å². The summed E-state index contributed by atoms with van der Waals surface area (Å²) in [4.78, 5) is 50.3. The number of nitriles is 1. The Hall–Kier alpha value is -4.70. The molecule has 246 valence electrons. The first-order valence-corrected chi connectivity index (χ1v) is 16.3. The van der Waals surface area contributed by atoms with Gasteiger partial charge in [-0.1, -0.05) is 17.8 Å². The van der Waals surface area contributed by atoms with Crippen molar-refractivity contribution in [1.29, 1.82) is 5.26 Å². The van der Waals surface area contributed by atoms with Crippen molar-refractivity contribution >= 4 is 35.2 Å². The zero-order valence-corrected chi connectivity index (χ0v) is 27.4. The molecule has 0 unspecified atom stereocenters. The third-order valence-electron chi connectivity index (χ3n) is 7.91. The molecule has 5 rings (SSSR count). The first kappa shape index (κ1) is 33.7. The smallest absolute Gasteiger partial charge is 0.306 e. The first-order valence-electron chi connectivity index (χ1n) is 15.4. The Morgan fingerprint density at radius 3 is 2.53 bits per heavy atom. The number of carbonyl (C=O) groups excluding carboxylic acids is 3. The lowest BCUT2D eigenvalue weighted by atomic mass is 10.1. The first-order chi connectivity index (χ1) is 22.4. The van der Waals surface area contributed by atoms with Gasteiger partial charge in [-0.25, -0.2) is 14.4 Å². The van der Waals surface area contributed by atoms with Gasteiger partial charge in [0.25, 0.3) is 5.91 Å². The minimum atomic E-state index is -0.974. The number of carbonyl (C=O) groups is 3. The van der Waals surface area contributed by atoms with Crippen molar-refractivity contribution in [3.8, 4) is 11.8 Å². The highest BCUT2D eigenvalue weighted by Crippen LogP contribution is 2.34. The Bertz CT molecular complexity index is 1680. The van der Waals surface area contributed by atoms with Crippen LogP contribution in [0.5, 0.6) is 5.75 Å². The van der Waals surface area contributed by atoms with Crippen molar-refractivity contribution in [2.75, 3.05) is 18.0 Å². The van der Waals surface area contributed by atoms with Crippen LogP contribution in [0.2, 0.25) is 0 Å². The molecule has 2 N–H and O–H groups in total. The van der Waals surface area contributed by atoms with Gasteiger partial charge in [0.1, 0.15) is 29.8 Å². The quantitative estimate of drug-likeness (QED) is 0.225. The summed E-state index contributed by atoms with van der Waals surface area (Å²) in [6.45, 7) is 6.95. The number of aromatic nitrogens is 2. The minimum absolute atomic E-state index is 0.0522. The number of hydrogen-bond donors (Lipinski definition) is 1. The zero-order chi connectivity index (χ0) is 33.7. The molecule has 1 fully saturated rings. The number of ether oxygens (including phenoxy) is 2. The van der Waals surface area contributed by atoms with E-state index < -0.39 is 23.5 Å².